The summed E-state index contributed by atoms with van der Waals surface area (Å²) in [5, 5.41) is 5.01. The first-order chi connectivity index (χ1) is 10.3. The van der Waals surface area contributed by atoms with E-state index in [1.165, 1.54) is 16.4 Å². The molecule has 4 rings (SSSR count). The molecule has 0 fully saturated rings. The van der Waals surface area contributed by atoms with Crippen molar-refractivity contribution in [2.24, 2.45) is 0 Å². The van der Waals surface area contributed by atoms with E-state index in [0.717, 1.165) is 27.2 Å². The Kier molecular flexibility index (Phi) is 3.21. The van der Waals surface area contributed by atoms with Gasteiger partial charge in [-0.1, -0.05) is 23.7 Å². The molecular formula is C14H9ClN4S2. The molecule has 0 atom stereocenters. The molecule has 104 valence electrons. The average molecular weight is 333 g/mol. The quantitative estimate of drug-likeness (QED) is 0.597. The second-order valence-corrected chi connectivity index (χ2v) is 6.53. The molecule has 4 nitrogen and oxygen atoms in total. The van der Waals surface area contributed by atoms with Gasteiger partial charge in [0.15, 0.2) is 0 Å². The topological polar surface area (TPSA) is 50.7 Å². The average Bonchev–Trinajstić information content (AvgIpc) is 3.12. The minimum Gasteiger partial charge on any atom is -0.375 e. The molecule has 0 bridgehead atoms. The summed E-state index contributed by atoms with van der Waals surface area (Å²) in [7, 11) is 0. The van der Waals surface area contributed by atoms with Gasteiger partial charge in [-0.3, -0.25) is 0 Å². The van der Waals surface area contributed by atoms with Crippen LogP contribution in [0, 0.1) is 0 Å². The van der Waals surface area contributed by atoms with Crippen LogP contribution in [-0.2, 0) is 6.54 Å². The fourth-order valence-corrected chi connectivity index (χ4v) is 3.82. The molecule has 0 unspecified atom stereocenters. The maximum Gasteiger partial charge on any atom is 0.129 e. The van der Waals surface area contributed by atoms with Crippen LogP contribution in [0.3, 0.4) is 0 Å². The number of fused-ring (bicyclic) bond motifs is 2. The predicted octanol–water partition coefficient (Wildman–Crippen LogP) is 4.57. The van der Waals surface area contributed by atoms with Crippen LogP contribution in [0.1, 0.15) is 5.01 Å². The highest BCUT2D eigenvalue weighted by Gasteiger charge is 2.10. The lowest BCUT2D eigenvalue weighted by Gasteiger charge is -2.06. The summed E-state index contributed by atoms with van der Waals surface area (Å²) in [6, 6.07) is 11.8. The SMILES string of the molecule is Clc1ccc2nsnc2c1NCc1nc2ccccc2s1. The lowest BCUT2D eigenvalue weighted by atomic mass is 10.2. The van der Waals surface area contributed by atoms with Crippen molar-refractivity contribution in [2.45, 2.75) is 6.54 Å². The van der Waals surface area contributed by atoms with Gasteiger partial charge in [0.2, 0.25) is 0 Å². The molecule has 0 saturated carbocycles. The van der Waals surface area contributed by atoms with E-state index in [1.54, 1.807) is 11.3 Å². The van der Waals surface area contributed by atoms with E-state index in [9.17, 15) is 0 Å². The molecular weight excluding hydrogens is 324 g/mol. The molecule has 7 heteroatoms. The summed E-state index contributed by atoms with van der Waals surface area (Å²) in [6.07, 6.45) is 0. The number of benzene rings is 2. The molecule has 0 aliphatic rings. The number of anilines is 1. The molecule has 0 saturated heterocycles. The van der Waals surface area contributed by atoms with Crippen molar-refractivity contribution >= 4 is 61.6 Å². The number of para-hydroxylation sites is 1. The number of hydrogen-bond acceptors (Lipinski definition) is 6. The zero-order valence-corrected chi connectivity index (χ0v) is 13.1. The van der Waals surface area contributed by atoms with Gasteiger partial charge in [-0.25, -0.2) is 4.98 Å². The Morgan fingerprint density at radius 2 is 1.95 bits per heavy atom. The number of thiazole rings is 1. The molecule has 2 aromatic carbocycles. The van der Waals surface area contributed by atoms with Gasteiger partial charge in [-0.05, 0) is 24.3 Å². The molecule has 0 amide bonds. The molecule has 1 N–H and O–H groups in total. The molecule has 4 aromatic rings. The number of halogens is 1. The number of aromatic nitrogens is 3. The normalized spacial score (nSPS) is 11.3. The molecule has 0 aliphatic carbocycles. The van der Waals surface area contributed by atoms with Crippen molar-refractivity contribution in [3.63, 3.8) is 0 Å². The summed E-state index contributed by atoms with van der Waals surface area (Å²) < 4.78 is 9.72. The van der Waals surface area contributed by atoms with Crippen LogP contribution in [0.15, 0.2) is 36.4 Å². The van der Waals surface area contributed by atoms with Crippen molar-refractivity contribution in [2.75, 3.05) is 5.32 Å². The number of rotatable bonds is 3. The third-order valence-corrected chi connectivity index (χ3v) is 5.03. The summed E-state index contributed by atoms with van der Waals surface area (Å²) in [5.41, 5.74) is 3.52. The van der Waals surface area contributed by atoms with Crippen molar-refractivity contribution in [3.8, 4) is 0 Å². The van der Waals surface area contributed by atoms with E-state index < -0.39 is 0 Å². The van der Waals surface area contributed by atoms with Crippen molar-refractivity contribution in [1.82, 2.24) is 13.7 Å². The van der Waals surface area contributed by atoms with Gasteiger partial charge in [0.1, 0.15) is 16.0 Å². The van der Waals surface area contributed by atoms with E-state index in [2.05, 4.69) is 25.1 Å². The Morgan fingerprint density at radius 3 is 2.86 bits per heavy atom. The molecule has 0 spiro atoms. The summed E-state index contributed by atoms with van der Waals surface area (Å²) in [5.74, 6) is 0. The third kappa shape index (κ3) is 2.35. The Hall–Kier alpha value is -1.76. The van der Waals surface area contributed by atoms with Crippen LogP contribution >= 0.6 is 34.7 Å². The Morgan fingerprint density at radius 1 is 1.05 bits per heavy atom. The van der Waals surface area contributed by atoms with Gasteiger partial charge in [0.25, 0.3) is 0 Å². The molecule has 0 aliphatic heterocycles. The largest absolute Gasteiger partial charge is 0.375 e. The van der Waals surface area contributed by atoms with E-state index in [0.29, 0.717) is 11.6 Å². The zero-order valence-electron chi connectivity index (χ0n) is 10.7. The second kappa shape index (κ2) is 5.22. The fraction of sp³-hybridized carbons (Fsp3) is 0.0714. The zero-order chi connectivity index (χ0) is 14.2. The maximum absolute atomic E-state index is 6.26. The Bertz CT molecular complexity index is 898. The van der Waals surface area contributed by atoms with Gasteiger partial charge in [0, 0.05) is 0 Å². The molecule has 2 heterocycles. The lowest BCUT2D eigenvalue weighted by molar-refractivity contribution is 1.12. The van der Waals surface area contributed by atoms with E-state index in [-0.39, 0.29) is 0 Å². The second-order valence-electron chi connectivity index (χ2n) is 4.48. The predicted molar refractivity (Wildman–Crippen MR) is 89.4 cm³/mol. The van der Waals surface area contributed by atoms with Crippen LogP contribution in [0.4, 0.5) is 5.69 Å². The summed E-state index contributed by atoms with van der Waals surface area (Å²) >= 11 is 9.13. The van der Waals surface area contributed by atoms with Crippen LogP contribution in [0.5, 0.6) is 0 Å². The first-order valence-corrected chi connectivity index (χ1v) is 8.23. The first kappa shape index (κ1) is 12.9. The highest BCUT2D eigenvalue weighted by molar-refractivity contribution is 7.18. The van der Waals surface area contributed by atoms with E-state index in [4.69, 9.17) is 11.6 Å². The Balaban J connectivity index is 1.66. The standard InChI is InChI=1S/C14H9ClN4S2/c15-8-5-6-10-14(19-21-18-10)13(8)16-7-12-17-9-3-1-2-4-11(9)20-12/h1-6,16H,7H2. The van der Waals surface area contributed by atoms with Gasteiger partial charge < -0.3 is 5.32 Å². The number of nitrogens with one attached hydrogen (secondary N) is 1. The first-order valence-electron chi connectivity index (χ1n) is 6.30. The highest BCUT2D eigenvalue weighted by Crippen LogP contribution is 2.31. The van der Waals surface area contributed by atoms with Crippen molar-refractivity contribution in [3.05, 3.63) is 46.4 Å². The van der Waals surface area contributed by atoms with Gasteiger partial charge in [-0.2, -0.15) is 8.75 Å². The minimum atomic E-state index is 0.621. The number of nitrogens with zero attached hydrogens (tertiary/aromatic N) is 3. The third-order valence-electron chi connectivity index (χ3n) is 3.13. The van der Waals surface area contributed by atoms with Crippen LogP contribution < -0.4 is 5.32 Å². The van der Waals surface area contributed by atoms with E-state index in [1.807, 2.05) is 30.3 Å². The fourth-order valence-electron chi connectivity index (χ4n) is 2.15. The van der Waals surface area contributed by atoms with Crippen molar-refractivity contribution in [1.29, 1.82) is 0 Å². The minimum absolute atomic E-state index is 0.621. The van der Waals surface area contributed by atoms with Crippen LogP contribution in [0.25, 0.3) is 21.3 Å². The molecule has 21 heavy (non-hydrogen) atoms. The summed E-state index contributed by atoms with van der Waals surface area (Å²) in [6.45, 7) is 0.621. The monoisotopic (exact) mass is 332 g/mol. The smallest absolute Gasteiger partial charge is 0.129 e. The Labute approximate surface area is 133 Å². The van der Waals surface area contributed by atoms with Crippen molar-refractivity contribution < 1.29 is 0 Å². The summed E-state index contributed by atoms with van der Waals surface area (Å²) in [4.78, 5) is 4.60. The lowest BCUT2D eigenvalue weighted by Crippen LogP contribution is -2.00. The number of hydrogen-bond donors (Lipinski definition) is 1. The molecule has 2 aromatic heterocycles. The van der Waals surface area contributed by atoms with E-state index >= 15 is 0 Å². The highest BCUT2D eigenvalue weighted by atomic mass is 35.5. The van der Waals surface area contributed by atoms with Gasteiger partial charge in [0.05, 0.1) is 39.2 Å². The molecule has 0 radical (unpaired) electrons. The van der Waals surface area contributed by atoms with Gasteiger partial charge in [-0.15, -0.1) is 11.3 Å². The maximum atomic E-state index is 6.26. The van der Waals surface area contributed by atoms with Crippen LogP contribution in [-0.4, -0.2) is 13.7 Å². The van der Waals surface area contributed by atoms with Gasteiger partial charge >= 0.3 is 0 Å². The van der Waals surface area contributed by atoms with Crippen LogP contribution in [0.2, 0.25) is 5.02 Å².